The minimum absolute atomic E-state index is 0.625. The summed E-state index contributed by atoms with van der Waals surface area (Å²) in [6, 6.07) is 6.33. The van der Waals surface area contributed by atoms with Gasteiger partial charge in [0.05, 0.1) is 17.8 Å². The lowest BCUT2D eigenvalue weighted by Crippen LogP contribution is -2.13. The van der Waals surface area contributed by atoms with Crippen LogP contribution < -0.4 is 4.74 Å². The molecule has 0 spiro atoms. The monoisotopic (exact) mass is 300 g/mol. The van der Waals surface area contributed by atoms with E-state index in [1.54, 1.807) is 7.11 Å². The summed E-state index contributed by atoms with van der Waals surface area (Å²) in [4.78, 5) is 8.88. The zero-order chi connectivity index (χ0) is 14.4. The quantitative estimate of drug-likeness (QED) is 0.850. The van der Waals surface area contributed by atoms with Crippen LogP contribution in [0, 0.1) is 0 Å². The minimum atomic E-state index is 0.625. The summed E-state index contributed by atoms with van der Waals surface area (Å²) in [7, 11) is 3.96. The molecule has 1 atom stereocenters. The molecule has 2 heterocycles. The van der Waals surface area contributed by atoms with Gasteiger partial charge in [0.15, 0.2) is 0 Å². The van der Waals surface area contributed by atoms with E-state index in [0.29, 0.717) is 5.92 Å². The lowest BCUT2D eigenvalue weighted by atomic mass is 9.92. The van der Waals surface area contributed by atoms with Crippen molar-refractivity contribution in [2.75, 3.05) is 27.2 Å². The van der Waals surface area contributed by atoms with Gasteiger partial charge in [-0.05, 0) is 38.9 Å². The molecule has 0 saturated carbocycles. The number of rotatable bonds is 2. The molecule has 1 fully saturated rings. The van der Waals surface area contributed by atoms with Crippen molar-refractivity contribution < 1.29 is 4.74 Å². The Kier molecular flexibility index (Phi) is 3.23. The third-order valence-corrected chi connectivity index (χ3v) is 5.94. The summed E-state index contributed by atoms with van der Waals surface area (Å²) < 4.78 is 5.52. The van der Waals surface area contributed by atoms with Crippen molar-refractivity contribution in [2.24, 2.45) is 0 Å². The number of likely N-dealkylation sites (tertiary alicyclic amines) is 1. The normalized spacial score (nSPS) is 21.1. The van der Waals surface area contributed by atoms with Crippen molar-refractivity contribution in [3.8, 4) is 17.0 Å². The average molecular weight is 300 g/mol. The SMILES string of the molecule is COc1cccc2c1CCc1sc(C3CCN(C)C3)nc1-2. The Morgan fingerprint density at radius 3 is 3.00 bits per heavy atom. The molecule has 3 nitrogen and oxygen atoms in total. The maximum atomic E-state index is 5.52. The van der Waals surface area contributed by atoms with Crippen LogP contribution in [0.25, 0.3) is 11.3 Å². The molecule has 2 aliphatic rings. The number of thiazole rings is 1. The molecule has 1 aromatic heterocycles. The van der Waals surface area contributed by atoms with Crippen molar-refractivity contribution in [2.45, 2.75) is 25.2 Å². The topological polar surface area (TPSA) is 25.4 Å². The number of aromatic nitrogens is 1. The van der Waals surface area contributed by atoms with Crippen molar-refractivity contribution in [3.63, 3.8) is 0 Å². The summed E-state index contributed by atoms with van der Waals surface area (Å²) in [5.74, 6) is 1.63. The second-order valence-electron chi connectivity index (χ2n) is 6.06. The van der Waals surface area contributed by atoms with Crippen molar-refractivity contribution in [1.82, 2.24) is 9.88 Å². The Hall–Kier alpha value is -1.39. The van der Waals surface area contributed by atoms with Crippen LogP contribution in [0.4, 0.5) is 0 Å². The minimum Gasteiger partial charge on any atom is -0.496 e. The van der Waals surface area contributed by atoms with Crippen molar-refractivity contribution in [1.29, 1.82) is 0 Å². The smallest absolute Gasteiger partial charge is 0.122 e. The Balaban J connectivity index is 1.75. The number of nitrogens with zero attached hydrogens (tertiary/aromatic N) is 2. The summed E-state index contributed by atoms with van der Waals surface area (Å²) in [6.07, 6.45) is 3.41. The number of hydrogen-bond donors (Lipinski definition) is 0. The average Bonchev–Trinajstić information content (AvgIpc) is 3.12. The third-order valence-electron chi connectivity index (χ3n) is 4.66. The first-order valence-electron chi connectivity index (χ1n) is 7.60. The fourth-order valence-corrected chi connectivity index (χ4v) is 4.74. The van der Waals surface area contributed by atoms with Crippen LogP contribution in [0.2, 0.25) is 0 Å². The third kappa shape index (κ3) is 2.17. The van der Waals surface area contributed by atoms with Gasteiger partial charge in [-0.25, -0.2) is 4.98 Å². The largest absolute Gasteiger partial charge is 0.496 e. The van der Waals surface area contributed by atoms with Gasteiger partial charge >= 0.3 is 0 Å². The van der Waals surface area contributed by atoms with Crippen LogP contribution in [0.3, 0.4) is 0 Å². The predicted octanol–water partition coefficient (Wildman–Crippen LogP) is 3.34. The molecule has 0 radical (unpaired) electrons. The first-order chi connectivity index (χ1) is 10.3. The van der Waals surface area contributed by atoms with Crippen LogP contribution in [0.15, 0.2) is 18.2 Å². The number of fused-ring (bicyclic) bond motifs is 3. The Morgan fingerprint density at radius 1 is 1.33 bits per heavy atom. The van der Waals surface area contributed by atoms with Crippen LogP contribution in [0.5, 0.6) is 5.75 Å². The Bertz CT molecular complexity index is 679. The summed E-state index contributed by atoms with van der Waals surface area (Å²) in [5.41, 5.74) is 3.82. The molecule has 1 unspecified atom stereocenters. The van der Waals surface area contributed by atoms with Gasteiger partial charge in [0, 0.05) is 28.5 Å². The zero-order valence-electron chi connectivity index (χ0n) is 12.6. The molecule has 0 bridgehead atoms. The maximum absolute atomic E-state index is 5.52. The second-order valence-corrected chi connectivity index (χ2v) is 7.17. The van der Waals surface area contributed by atoms with Crippen LogP contribution in [-0.2, 0) is 12.8 Å². The van der Waals surface area contributed by atoms with E-state index in [1.165, 1.54) is 39.7 Å². The number of hydrogen-bond acceptors (Lipinski definition) is 4. The summed E-state index contributed by atoms with van der Waals surface area (Å²) >= 11 is 1.93. The van der Waals surface area contributed by atoms with E-state index in [1.807, 2.05) is 11.3 Å². The molecule has 0 amide bonds. The molecular formula is C17H20N2OS. The zero-order valence-corrected chi connectivity index (χ0v) is 13.4. The molecule has 110 valence electrons. The molecule has 1 aliphatic heterocycles. The molecular weight excluding hydrogens is 280 g/mol. The van der Waals surface area contributed by atoms with Crippen LogP contribution in [-0.4, -0.2) is 37.1 Å². The van der Waals surface area contributed by atoms with Gasteiger partial charge in [0.2, 0.25) is 0 Å². The highest BCUT2D eigenvalue weighted by Crippen LogP contribution is 2.42. The van der Waals surface area contributed by atoms with Gasteiger partial charge in [-0.3, -0.25) is 0 Å². The van der Waals surface area contributed by atoms with Gasteiger partial charge in [-0.2, -0.15) is 0 Å². The molecule has 4 rings (SSSR count). The second kappa shape index (κ2) is 5.11. The van der Waals surface area contributed by atoms with E-state index in [4.69, 9.17) is 9.72 Å². The van der Waals surface area contributed by atoms with E-state index in [-0.39, 0.29) is 0 Å². The van der Waals surface area contributed by atoms with Crippen LogP contribution >= 0.6 is 11.3 Å². The lowest BCUT2D eigenvalue weighted by Gasteiger charge is -2.17. The molecule has 0 N–H and O–H groups in total. The van der Waals surface area contributed by atoms with Crippen molar-refractivity contribution in [3.05, 3.63) is 33.6 Å². The first kappa shape index (κ1) is 13.3. The molecule has 2 aromatic rings. The fraction of sp³-hybridized carbons (Fsp3) is 0.471. The molecule has 4 heteroatoms. The highest BCUT2D eigenvalue weighted by Gasteiger charge is 2.28. The number of benzene rings is 1. The molecule has 1 aromatic carbocycles. The maximum Gasteiger partial charge on any atom is 0.122 e. The molecule has 21 heavy (non-hydrogen) atoms. The van der Waals surface area contributed by atoms with Gasteiger partial charge in [0.1, 0.15) is 5.75 Å². The fourth-order valence-electron chi connectivity index (χ4n) is 3.54. The number of ether oxygens (including phenoxy) is 1. The molecule has 1 aliphatic carbocycles. The highest BCUT2D eigenvalue weighted by molar-refractivity contribution is 7.12. The number of methoxy groups -OCH3 is 1. The van der Waals surface area contributed by atoms with E-state index in [2.05, 4.69) is 30.1 Å². The van der Waals surface area contributed by atoms with Crippen molar-refractivity contribution >= 4 is 11.3 Å². The first-order valence-corrected chi connectivity index (χ1v) is 8.42. The Labute approximate surface area is 129 Å². The Morgan fingerprint density at radius 2 is 2.24 bits per heavy atom. The van der Waals surface area contributed by atoms with Gasteiger partial charge in [-0.15, -0.1) is 11.3 Å². The summed E-state index contributed by atoms with van der Waals surface area (Å²) in [5, 5.41) is 1.33. The van der Waals surface area contributed by atoms with E-state index >= 15 is 0 Å². The lowest BCUT2D eigenvalue weighted by molar-refractivity contribution is 0.409. The van der Waals surface area contributed by atoms with E-state index in [0.717, 1.165) is 25.1 Å². The van der Waals surface area contributed by atoms with E-state index < -0.39 is 0 Å². The molecule has 1 saturated heterocycles. The number of likely N-dealkylation sites (N-methyl/N-ethyl adjacent to an activating group) is 1. The van der Waals surface area contributed by atoms with Gasteiger partial charge < -0.3 is 9.64 Å². The predicted molar refractivity (Wildman–Crippen MR) is 86.4 cm³/mol. The standard InChI is InChI=1S/C17H20N2OS/c1-19-9-8-11(10-19)17-18-16-13-4-3-5-14(20-2)12(13)6-7-15(16)21-17/h3-5,11H,6-10H2,1-2H3. The van der Waals surface area contributed by atoms with E-state index in [9.17, 15) is 0 Å². The number of aryl methyl sites for hydroxylation is 1. The highest BCUT2D eigenvalue weighted by atomic mass is 32.1. The van der Waals surface area contributed by atoms with Gasteiger partial charge in [-0.1, -0.05) is 12.1 Å². The van der Waals surface area contributed by atoms with Crippen LogP contribution in [0.1, 0.15) is 27.8 Å². The van der Waals surface area contributed by atoms with Gasteiger partial charge in [0.25, 0.3) is 0 Å². The summed E-state index contributed by atoms with van der Waals surface area (Å²) in [6.45, 7) is 2.34.